The molecule has 1 aromatic heterocycles. The molecule has 0 amide bonds. The van der Waals surface area contributed by atoms with Crippen LogP contribution in [0.4, 0.5) is 5.69 Å². The largest absolute Gasteiger partial charge is 0.394 e. The van der Waals surface area contributed by atoms with Crippen LogP contribution >= 0.6 is 11.6 Å². The van der Waals surface area contributed by atoms with E-state index in [1.54, 1.807) is 6.20 Å². The number of halogens is 1. The zero-order valence-electron chi connectivity index (χ0n) is 12.4. The summed E-state index contributed by atoms with van der Waals surface area (Å²) in [5, 5.41) is 16.4. The Hall–Kier alpha value is -1.11. The van der Waals surface area contributed by atoms with Crippen molar-refractivity contribution in [2.75, 3.05) is 31.6 Å². The van der Waals surface area contributed by atoms with Crippen LogP contribution in [-0.4, -0.2) is 47.7 Å². The van der Waals surface area contributed by atoms with E-state index in [4.69, 9.17) is 16.7 Å². The number of anilines is 1. The number of nitrogens with one attached hydrogen (secondary N) is 1. The molecule has 2 N–H and O–H groups in total. The molecule has 6 nitrogen and oxygen atoms in total. The Bertz CT molecular complexity index is 520. The van der Waals surface area contributed by atoms with E-state index in [9.17, 15) is 4.79 Å². The monoisotopic (exact) mass is 314 g/mol. The maximum Gasteiger partial charge on any atom is 0.287 e. The molecule has 7 heteroatoms. The molecule has 1 unspecified atom stereocenters. The topological polar surface area (TPSA) is 70.4 Å². The Morgan fingerprint density at radius 1 is 1.52 bits per heavy atom. The molecule has 1 aromatic rings. The van der Waals surface area contributed by atoms with Gasteiger partial charge >= 0.3 is 0 Å². The summed E-state index contributed by atoms with van der Waals surface area (Å²) < 4.78 is 1.21. The van der Waals surface area contributed by atoms with E-state index in [0.717, 1.165) is 38.0 Å². The number of piperidine rings is 1. The molecule has 0 saturated carbocycles. The van der Waals surface area contributed by atoms with E-state index >= 15 is 0 Å². The van der Waals surface area contributed by atoms with Gasteiger partial charge in [-0.05, 0) is 39.3 Å². The van der Waals surface area contributed by atoms with Crippen molar-refractivity contribution in [3.05, 3.63) is 21.6 Å². The van der Waals surface area contributed by atoms with Gasteiger partial charge in [0.2, 0.25) is 0 Å². The summed E-state index contributed by atoms with van der Waals surface area (Å²) in [5.41, 5.74) is 0.387. The minimum atomic E-state index is -0.332. The van der Waals surface area contributed by atoms with Gasteiger partial charge in [-0.2, -0.15) is 5.10 Å². The molecule has 0 aliphatic carbocycles. The van der Waals surface area contributed by atoms with Gasteiger partial charge < -0.3 is 15.3 Å². The summed E-state index contributed by atoms with van der Waals surface area (Å²) >= 11 is 6.25. The Morgan fingerprint density at radius 3 is 3.05 bits per heavy atom. The lowest BCUT2D eigenvalue weighted by Gasteiger charge is -2.37. The third kappa shape index (κ3) is 3.75. The molecule has 0 bridgehead atoms. The summed E-state index contributed by atoms with van der Waals surface area (Å²) in [5.74, 6) is 0. The minimum absolute atomic E-state index is 0.128. The second kappa shape index (κ2) is 7.77. The maximum atomic E-state index is 12.2. The molecule has 21 heavy (non-hydrogen) atoms. The molecule has 0 radical (unpaired) electrons. The van der Waals surface area contributed by atoms with Gasteiger partial charge in [0.05, 0.1) is 25.0 Å². The second-order valence-electron chi connectivity index (χ2n) is 5.33. The van der Waals surface area contributed by atoms with Gasteiger partial charge in [0.1, 0.15) is 5.02 Å². The lowest BCUT2D eigenvalue weighted by atomic mass is 9.99. The quantitative estimate of drug-likeness (QED) is 0.815. The number of aliphatic hydroxyl groups excluding tert-OH is 1. The van der Waals surface area contributed by atoms with Crippen LogP contribution in [0, 0.1) is 0 Å². The first kappa shape index (κ1) is 16.3. The van der Waals surface area contributed by atoms with Gasteiger partial charge in [-0.3, -0.25) is 4.79 Å². The summed E-state index contributed by atoms with van der Waals surface area (Å²) in [6.45, 7) is 1.88. The second-order valence-corrected chi connectivity index (χ2v) is 5.71. The molecule has 1 aliphatic heterocycles. The average molecular weight is 315 g/mol. The van der Waals surface area contributed by atoms with E-state index in [1.807, 2.05) is 7.05 Å². The number of rotatable bonds is 6. The number of hydrogen-bond donors (Lipinski definition) is 2. The molecule has 2 rings (SSSR count). The summed E-state index contributed by atoms with van der Waals surface area (Å²) in [6, 6.07) is 0.388. The van der Waals surface area contributed by atoms with Gasteiger partial charge in [-0.1, -0.05) is 11.6 Å². The van der Waals surface area contributed by atoms with Crippen LogP contribution in [0.1, 0.15) is 25.7 Å². The van der Waals surface area contributed by atoms with Crippen LogP contribution in [-0.2, 0) is 6.54 Å². The molecule has 0 aromatic carbocycles. The predicted molar refractivity (Wildman–Crippen MR) is 84.1 cm³/mol. The number of hydrogen-bond acceptors (Lipinski definition) is 5. The van der Waals surface area contributed by atoms with Crippen molar-refractivity contribution in [3.63, 3.8) is 0 Å². The summed E-state index contributed by atoms with van der Waals surface area (Å²) in [4.78, 5) is 14.4. The Balaban J connectivity index is 2.26. The van der Waals surface area contributed by atoms with Gasteiger partial charge in [0.15, 0.2) is 0 Å². The van der Waals surface area contributed by atoms with Crippen LogP contribution in [0.25, 0.3) is 0 Å². The molecule has 0 spiro atoms. The molecule has 1 aliphatic rings. The number of nitrogens with zero attached hydrogens (tertiary/aromatic N) is 3. The highest BCUT2D eigenvalue weighted by molar-refractivity contribution is 6.33. The highest BCUT2D eigenvalue weighted by Gasteiger charge is 2.25. The third-order valence-electron chi connectivity index (χ3n) is 3.94. The van der Waals surface area contributed by atoms with Gasteiger partial charge in [-0.25, -0.2) is 4.68 Å². The lowest BCUT2D eigenvalue weighted by Crippen LogP contribution is -2.42. The highest BCUT2D eigenvalue weighted by atomic mass is 35.5. The fraction of sp³-hybridized carbons (Fsp3) is 0.714. The first-order chi connectivity index (χ1) is 10.2. The number of aliphatic hydroxyl groups is 1. The third-order valence-corrected chi connectivity index (χ3v) is 4.30. The Kier molecular flexibility index (Phi) is 6.02. The normalized spacial score (nSPS) is 19.0. The van der Waals surface area contributed by atoms with Crippen molar-refractivity contribution in [1.29, 1.82) is 0 Å². The number of aromatic nitrogens is 2. The van der Waals surface area contributed by atoms with Crippen molar-refractivity contribution >= 4 is 17.3 Å². The molecule has 2 heterocycles. The lowest BCUT2D eigenvalue weighted by molar-refractivity contribution is 0.266. The Labute approximate surface area is 129 Å². The zero-order chi connectivity index (χ0) is 15.2. The molecule has 1 fully saturated rings. The van der Waals surface area contributed by atoms with E-state index in [1.165, 1.54) is 11.1 Å². The molecular formula is C14H23ClN4O2. The van der Waals surface area contributed by atoms with Gasteiger partial charge in [0, 0.05) is 12.6 Å². The molecule has 1 atom stereocenters. The summed E-state index contributed by atoms with van der Waals surface area (Å²) in [6.07, 6.45) is 6.09. The van der Waals surface area contributed by atoms with Crippen LogP contribution in [0.3, 0.4) is 0 Å². The first-order valence-electron chi connectivity index (χ1n) is 7.46. The summed E-state index contributed by atoms with van der Waals surface area (Å²) in [7, 11) is 1.94. The standard InChI is InChI=1S/C14H23ClN4O2/c1-16-6-5-11-4-2-3-7-18(11)12-10-17-19(8-9-20)14(21)13(12)15/h10-11,16,20H,2-9H2,1H3. The fourth-order valence-corrected chi connectivity index (χ4v) is 3.09. The van der Waals surface area contributed by atoms with E-state index in [0.29, 0.717) is 6.04 Å². The van der Waals surface area contributed by atoms with Crippen molar-refractivity contribution in [1.82, 2.24) is 15.1 Å². The average Bonchev–Trinajstić information content (AvgIpc) is 2.51. The van der Waals surface area contributed by atoms with Crippen molar-refractivity contribution in [3.8, 4) is 0 Å². The van der Waals surface area contributed by atoms with Crippen LogP contribution in [0.5, 0.6) is 0 Å². The smallest absolute Gasteiger partial charge is 0.287 e. The highest BCUT2D eigenvalue weighted by Crippen LogP contribution is 2.29. The predicted octanol–water partition coefficient (Wildman–Crippen LogP) is 0.857. The molecule has 118 valence electrons. The minimum Gasteiger partial charge on any atom is -0.394 e. The first-order valence-corrected chi connectivity index (χ1v) is 7.84. The van der Waals surface area contributed by atoms with E-state index < -0.39 is 0 Å². The molecular weight excluding hydrogens is 292 g/mol. The van der Waals surface area contributed by atoms with Gasteiger partial charge in [0.25, 0.3) is 5.56 Å². The van der Waals surface area contributed by atoms with Crippen LogP contribution < -0.4 is 15.8 Å². The van der Waals surface area contributed by atoms with E-state index in [-0.39, 0.29) is 23.7 Å². The van der Waals surface area contributed by atoms with Crippen LogP contribution in [0.15, 0.2) is 11.0 Å². The van der Waals surface area contributed by atoms with Crippen LogP contribution in [0.2, 0.25) is 5.02 Å². The molecule has 1 saturated heterocycles. The van der Waals surface area contributed by atoms with Crippen molar-refractivity contribution < 1.29 is 5.11 Å². The van der Waals surface area contributed by atoms with Crippen molar-refractivity contribution in [2.24, 2.45) is 0 Å². The van der Waals surface area contributed by atoms with E-state index in [2.05, 4.69) is 15.3 Å². The Morgan fingerprint density at radius 2 is 2.33 bits per heavy atom. The fourth-order valence-electron chi connectivity index (χ4n) is 2.84. The van der Waals surface area contributed by atoms with Gasteiger partial charge in [-0.15, -0.1) is 0 Å². The van der Waals surface area contributed by atoms with Crippen molar-refractivity contribution in [2.45, 2.75) is 38.3 Å². The zero-order valence-corrected chi connectivity index (χ0v) is 13.1. The SMILES string of the molecule is CNCCC1CCCCN1c1cnn(CCO)c(=O)c1Cl. The maximum absolute atomic E-state index is 12.2.